The van der Waals surface area contributed by atoms with Gasteiger partial charge in [-0.2, -0.15) is 0 Å². The van der Waals surface area contributed by atoms with Crippen LogP contribution in [-0.2, 0) is 4.74 Å². The number of esters is 1. The summed E-state index contributed by atoms with van der Waals surface area (Å²) in [6.07, 6.45) is 0.366. The summed E-state index contributed by atoms with van der Waals surface area (Å²) in [5.74, 6) is -0.0745. The Morgan fingerprint density at radius 1 is 1.16 bits per heavy atom. The minimum atomic E-state index is -0.442. The van der Waals surface area contributed by atoms with Crippen LogP contribution in [0.4, 0.5) is 0 Å². The second-order valence-corrected chi connectivity index (χ2v) is 6.89. The average molecular weight is 378 g/mol. The van der Waals surface area contributed by atoms with Crippen LogP contribution in [0.25, 0.3) is 22.6 Å². The number of halogens is 2. The number of hydrogen-bond donors (Lipinski definition) is 1. The second kappa shape index (κ2) is 6.33. The number of carbonyl (C=O) groups excluding carboxylic acids is 1. The Balaban J connectivity index is 1.61. The van der Waals surface area contributed by atoms with Crippen molar-refractivity contribution in [3.63, 3.8) is 0 Å². The summed E-state index contributed by atoms with van der Waals surface area (Å²) >= 11 is 12.0. The van der Waals surface area contributed by atoms with Gasteiger partial charge in [0.1, 0.15) is 11.6 Å². The number of carbonyl (C=O) groups is 1. The molecular weight excluding hydrogens is 365 g/mol. The first-order valence-corrected chi connectivity index (χ1v) is 8.49. The van der Waals surface area contributed by atoms with E-state index in [9.17, 15) is 9.90 Å². The number of fused-ring (bicyclic) bond motifs is 1. The molecule has 0 atom stereocenters. The van der Waals surface area contributed by atoms with E-state index in [1.165, 1.54) is 0 Å². The standard InChI is InChI=1S/C18H13Cl2NO4/c19-11-3-10(4-12(20)6-11)17-21-15-2-1-9(5-16(15)25-17)18(23)24-14-7-13(22)8-14/h1-6,13-14,22H,7-8H2. The fourth-order valence-corrected chi connectivity index (χ4v) is 3.23. The number of ether oxygens (including phenoxy) is 1. The third-order valence-electron chi connectivity index (χ3n) is 4.08. The predicted octanol–water partition coefficient (Wildman–Crippen LogP) is 4.48. The highest BCUT2D eigenvalue weighted by Crippen LogP contribution is 2.30. The zero-order chi connectivity index (χ0) is 17.6. The molecule has 1 saturated carbocycles. The van der Waals surface area contributed by atoms with Gasteiger partial charge in [0, 0.05) is 28.5 Å². The molecule has 3 aromatic rings. The summed E-state index contributed by atoms with van der Waals surface area (Å²) in [6.45, 7) is 0. The van der Waals surface area contributed by atoms with E-state index in [0.717, 1.165) is 0 Å². The molecule has 128 valence electrons. The zero-order valence-corrected chi connectivity index (χ0v) is 14.4. The molecule has 5 nitrogen and oxygen atoms in total. The van der Waals surface area contributed by atoms with Crippen LogP contribution in [-0.4, -0.2) is 28.3 Å². The zero-order valence-electron chi connectivity index (χ0n) is 12.9. The highest BCUT2D eigenvalue weighted by atomic mass is 35.5. The Hall–Kier alpha value is -2.08. The molecule has 1 heterocycles. The molecule has 1 N–H and O–H groups in total. The van der Waals surface area contributed by atoms with Crippen molar-refractivity contribution in [1.82, 2.24) is 4.98 Å². The van der Waals surface area contributed by atoms with Crippen LogP contribution in [0.15, 0.2) is 40.8 Å². The minimum absolute atomic E-state index is 0.225. The van der Waals surface area contributed by atoms with Crippen molar-refractivity contribution >= 4 is 40.3 Å². The fourth-order valence-electron chi connectivity index (χ4n) is 2.71. The average Bonchev–Trinajstić information content (AvgIpc) is 2.95. The lowest BCUT2D eigenvalue weighted by molar-refractivity contribution is -0.0466. The Kier molecular flexibility index (Phi) is 4.15. The molecule has 1 aromatic heterocycles. The summed E-state index contributed by atoms with van der Waals surface area (Å²) < 4.78 is 11.1. The maximum Gasteiger partial charge on any atom is 0.338 e. The molecule has 0 spiro atoms. The first-order chi connectivity index (χ1) is 12.0. The van der Waals surface area contributed by atoms with Gasteiger partial charge < -0.3 is 14.3 Å². The van der Waals surface area contributed by atoms with Gasteiger partial charge in [0.15, 0.2) is 5.58 Å². The molecule has 0 bridgehead atoms. The highest BCUT2D eigenvalue weighted by Gasteiger charge is 2.30. The van der Waals surface area contributed by atoms with Gasteiger partial charge in [-0.25, -0.2) is 9.78 Å². The van der Waals surface area contributed by atoms with Crippen LogP contribution < -0.4 is 0 Å². The Labute approximate surface area is 153 Å². The minimum Gasteiger partial charge on any atom is -0.459 e. The van der Waals surface area contributed by atoms with Crippen LogP contribution in [0.1, 0.15) is 23.2 Å². The number of aliphatic hydroxyl groups is 1. The monoisotopic (exact) mass is 377 g/mol. The molecule has 7 heteroatoms. The van der Waals surface area contributed by atoms with Crippen molar-refractivity contribution in [2.45, 2.75) is 25.0 Å². The molecule has 4 rings (SSSR count). The molecule has 0 amide bonds. The molecular formula is C18H13Cl2NO4. The van der Waals surface area contributed by atoms with Gasteiger partial charge in [0.2, 0.25) is 5.89 Å². The van der Waals surface area contributed by atoms with E-state index < -0.39 is 5.97 Å². The fraction of sp³-hybridized carbons (Fsp3) is 0.222. The summed E-state index contributed by atoms with van der Waals surface area (Å²) in [5.41, 5.74) is 2.11. The molecule has 0 unspecified atom stereocenters. The quantitative estimate of drug-likeness (QED) is 0.681. The smallest absolute Gasteiger partial charge is 0.338 e. The molecule has 0 radical (unpaired) electrons. The van der Waals surface area contributed by atoms with Crippen molar-refractivity contribution < 1.29 is 19.1 Å². The van der Waals surface area contributed by atoms with Crippen molar-refractivity contribution in [2.24, 2.45) is 0 Å². The number of oxazole rings is 1. The van der Waals surface area contributed by atoms with Crippen molar-refractivity contribution in [3.05, 3.63) is 52.0 Å². The third-order valence-corrected chi connectivity index (χ3v) is 4.51. The van der Waals surface area contributed by atoms with E-state index in [1.54, 1.807) is 36.4 Å². The highest BCUT2D eigenvalue weighted by molar-refractivity contribution is 6.35. The van der Waals surface area contributed by atoms with Gasteiger partial charge in [-0.15, -0.1) is 0 Å². The van der Waals surface area contributed by atoms with Gasteiger partial charge in [0.25, 0.3) is 0 Å². The number of rotatable bonds is 3. The van der Waals surface area contributed by atoms with Crippen molar-refractivity contribution in [2.75, 3.05) is 0 Å². The van der Waals surface area contributed by atoms with E-state index in [-0.39, 0.29) is 12.2 Å². The Morgan fingerprint density at radius 3 is 2.56 bits per heavy atom. The molecule has 1 aliphatic rings. The van der Waals surface area contributed by atoms with Crippen LogP contribution in [0.3, 0.4) is 0 Å². The first kappa shape index (κ1) is 16.4. The normalized spacial score (nSPS) is 19.6. The van der Waals surface area contributed by atoms with Crippen LogP contribution in [0.2, 0.25) is 10.0 Å². The largest absolute Gasteiger partial charge is 0.459 e. The van der Waals surface area contributed by atoms with Gasteiger partial charge in [-0.3, -0.25) is 0 Å². The van der Waals surface area contributed by atoms with Gasteiger partial charge in [-0.1, -0.05) is 23.2 Å². The van der Waals surface area contributed by atoms with E-state index in [0.29, 0.717) is 51.0 Å². The number of hydrogen-bond acceptors (Lipinski definition) is 5. The van der Waals surface area contributed by atoms with Crippen LogP contribution in [0.5, 0.6) is 0 Å². The van der Waals surface area contributed by atoms with Crippen LogP contribution >= 0.6 is 23.2 Å². The summed E-state index contributed by atoms with van der Waals surface area (Å²) in [4.78, 5) is 16.6. The molecule has 0 saturated heterocycles. The lowest BCUT2D eigenvalue weighted by atomic mass is 9.92. The lowest BCUT2D eigenvalue weighted by Gasteiger charge is -2.30. The van der Waals surface area contributed by atoms with Crippen LogP contribution in [0, 0.1) is 0 Å². The first-order valence-electron chi connectivity index (χ1n) is 7.74. The van der Waals surface area contributed by atoms with Gasteiger partial charge >= 0.3 is 5.97 Å². The molecule has 1 fully saturated rings. The number of aliphatic hydroxyl groups excluding tert-OH is 1. The number of benzene rings is 2. The predicted molar refractivity (Wildman–Crippen MR) is 93.9 cm³/mol. The topological polar surface area (TPSA) is 72.6 Å². The third kappa shape index (κ3) is 3.35. The van der Waals surface area contributed by atoms with Gasteiger partial charge in [0.05, 0.1) is 11.7 Å². The maximum atomic E-state index is 12.2. The summed E-state index contributed by atoms with van der Waals surface area (Å²) in [5, 5.41) is 10.2. The summed E-state index contributed by atoms with van der Waals surface area (Å²) in [7, 11) is 0. The van der Waals surface area contributed by atoms with E-state index in [4.69, 9.17) is 32.4 Å². The van der Waals surface area contributed by atoms with E-state index in [2.05, 4.69) is 4.98 Å². The van der Waals surface area contributed by atoms with Crippen molar-refractivity contribution in [1.29, 1.82) is 0 Å². The molecule has 0 aliphatic heterocycles. The lowest BCUT2D eigenvalue weighted by Crippen LogP contribution is -2.36. The number of nitrogens with zero attached hydrogens (tertiary/aromatic N) is 1. The van der Waals surface area contributed by atoms with E-state index in [1.807, 2.05) is 0 Å². The molecule has 2 aromatic carbocycles. The second-order valence-electron chi connectivity index (χ2n) is 6.01. The maximum absolute atomic E-state index is 12.2. The number of aromatic nitrogens is 1. The summed E-state index contributed by atoms with van der Waals surface area (Å²) in [6, 6.07) is 9.96. The molecule has 25 heavy (non-hydrogen) atoms. The van der Waals surface area contributed by atoms with E-state index >= 15 is 0 Å². The Bertz CT molecular complexity index is 943. The van der Waals surface area contributed by atoms with Gasteiger partial charge in [-0.05, 0) is 36.4 Å². The van der Waals surface area contributed by atoms with Crippen molar-refractivity contribution in [3.8, 4) is 11.5 Å². The Morgan fingerprint density at radius 2 is 1.88 bits per heavy atom. The molecule has 1 aliphatic carbocycles. The SMILES string of the molecule is O=C(OC1CC(O)C1)c1ccc2nc(-c3cc(Cl)cc(Cl)c3)oc2c1.